The fourth-order valence-electron chi connectivity index (χ4n) is 7.62. The van der Waals surface area contributed by atoms with E-state index in [0.29, 0.717) is 40.7 Å². The molecule has 2 bridgehead atoms. The minimum absolute atomic E-state index is 0.0107. The van der Waals surface area contributed by atoms with Crippen LogP contribution in [0.25, 0.3) is 0 Å². The molecule has 0 aromatic heterocycles. The maximum atomic E-state index is 12.9. The molecule has 2 aliphatic carbocycles. The Hall–Kier alpha value is -4.13. The smallest absolute Gasteiger partial charge is 0.343 e. The zero-order chi connectivity index (χ0) is 35.6. The number of fused-ring (bicyclic) bond motifs is 2. The predicted octanol–water partition coefficient (Wildman–Crippen LogP) is 10.8. The summed E-state index contributed by atoms with van der Waals surface area (Å²) in [5.41, 5.74) is 1.27. The number of esters is 3. The highest BCUT2D eigenvalue weighted by Gasteiger charge is 2.62. The van der Waals surface area contributed by atoms with Gasteiger partial charge in [0.2, 0.25) is 0 Å². The quantitative estimate of drug-likeness (QED) is 0.0749. The monoisotopic (exact) mass is 682 g/mol. The molecule has 0 heterocycles. The first-order valence-corrected chi connectivity index (χ1v) is 18.7. The van der Waals surface area contributed by atoms with Gasteiger partial charge in [-0.2, -0.15) is 0 Å². The molecule has 7 heteroatoms. The molecule has 0 N–H and O–H groups in total. The molecule has 2 saturated carbocycles. The third-order valence-corrected chi connectivity index (χ3v) is 11.4. The minimum atomic E-state index is -0.566. The molecular formula is C43H54O7. The minimum Gasteiger partial charge on any atom is -0.494 e. The van der Waals surface area contributed by atoms with E-state index >= 15 is 0 Å². The molecule has 50 heavy (non-hydrogen) atoms. The van der Waals surface area contributed by atoms with E-state index in [0.717, 1.165) is 25.0 Å². The van der Waals surface area contributed by atoms with Gasteiger partial charge < -0.3 is 18.9 Å². The number of rotatable bonds is 18. The van der Waals surface area contributed by atoms with Crippen molar-refractivity contribution in [1.29, 1.82) is 0 Å². The molecule has 0 aliphatic heterocycles. The largest absolute Gasteiger partial charge is 0.494 e. The van der Waals surface area contributed by atoms with E-state index in [1.54, 1.807) is 72.8 Å². The molecule has 3 aromatic rings. The van der Waals surface area contributed by atoms with Crippen LogP contribution in [0.2, 0.25) is 0 Å². The second-order valence-corrected chi connectivity index (χ2v) is 14.9. The van der Waals surface area contributed by atoms with Crippen LogP contribution in [0.15, 0.2) is 72.8 Å². The summed E-state index contributed by atoms with van der Waals surface area (Å²) in [5, 5.41) is 0. The molecule has 2 fully saturated rings. The Morgan fingerprint density at radius 3 is 1.48 bits per heavy atom. The molecule has 0 spiro atoms. The topological polar surface area (TPSA) is 88.1 Å². The summed E-state index contributed by atoms with van der Waals surface area (Å²) in [4.78, 5) is 38.4. The van der Waals surface area contributed by atoms with Gasteiger partial charge in [-0.1, -0.05) is 85.5 Å². The highest BCUT2D eigenvalue weighted by Crippen LogP contribution is 2.66. The molecule has 5 rings (SSSR count). The SMILES string of the molecule is CCCCCCCCCCCCOc1ccc(C(=O)Oc2ccc(C(=O)Oc3ccc(C(=O)OC4CC5CCC4(C)C5(C)C)cc3)cc2)cc1. The Bertz CT molecular complexity index is 1560. The lowest BCUT2D eigenvalue weighted by Crippen LogP contribution is -2.38. The van der Waals surface area contributed by atoms with Crippen LogP contribution in [0.5, 0.6) is 17.2 Å². The van der Waals surface area contributed by atoms with E-state index in [1.165, 1.54) is 64.2 Å². The molecule has 3 atom stereocenters. The summed E-state index contributed by atoms with van der Waals surface area (Å²) < 4.78 is 22.9. The Balaban J connectivity index is 1.00. The number of hydrogen-bond acceptors (Lipinski definition) is 7. The van der Waals surface area contributed by atoms with Crippen molar-refractivity contribution in [3.05, 3.63) is 89.5 Å². The summed E-state index contributed by atoms with van der Waals surface area (Å²) in [7, 11) is 0. The number of carbonyl (C=O) groups excluding carboxylic acids is 3. The van der Waals surface area contributed by atoms with Crippen LogP contribution in [0.4, 0.5) is 0 Å². The Kier molecular flexibility index (Phi) is 12.8. The van der Waals surface area contributed by atoms with Crippen molar-refractivity contribution in [2.24, 2.45) is 16.7 Å². The summed E-state index contributed by atoms with van der Waals surface area (Å²) in [6.45, 7) is 9.73. The van der Waals surface area contributed by atoms with Crippen molar-refractivity contribution in [3.63, 3.8) is 0 Å². The van der Waals surface area contributed by atoms with E-state index in [9.17, 15) is 14.4 Å². The lowest BCUT2D eigenvalue weighted by molar-refractivity contribution is -0.0242. The van der Waals surface area contributed by atoms with Gasteiger partial charge in [0.15, 0.2) is 0 Å². The maximum Gasteiger partial charge on any atom is 0.343 e. The van der Waals surface area contributed by atoms with Gasteiger partial charge in [0.1, 0.15) is 23.4 Å². The molecule has 3 unspecified atom stereocenters. The van der Waals surface area contributed by atoms with Gasteiger partial charge in [-0.3, -0.25) is 0 Å². The average molecular weight is 683 g/mol. The average Bonchev–Trinajstić information content (AvgIpc) is 3.45. The van der Waals surface area contributed by atoms with Crippen molar-refractivity contribution in [2.45, 2.75) is 117 Å². The van der Waals surface area contributed by atoms with Gasteiger partial charge in [-0.05, 0) is 110 Å². The zero-order valence-electron chi connectivity index (χ0n) is 30.3. The lowest BCUT2D eigenvalue weighted by atomic mass is 9.70. The first-order valence-electron chi connectivity index (χ1n) is 18.7. The van der Waals surface area contributed by atoms with Gasteiger partial charge in [-0.25, -0.2) is 14.4 Å². The van der Waals surface area contributed by atoms with Crippen LogP contribution < -0.4 is 14.2 Å². The molecule has 7 nitrogen and oxygen atoms in total. The van der Waals surface area contributed by atoms with Gasteiger partial charge in [0, 0.05) is 5.41 Å². The zero-order valence-corrected chi connectivity index (χ0v) is 30.3. The molecular weight excluding hydrogens is 628 g/mol. The van der Waals surface area contributed by atoms with E-state index in [4.69, 9.17) is 18.9 Å². The van der Waals surface area contributed by atoms with Crippen molar-refractivity contribution in [1.82, 2.24) is 0 Å². The highest BCUT2D eigenvalue weighted by atomic mass is 16.5. The van der Waals surface area contributed by atoms with E-state index in [-0.39, 0.29) is 22.9 Å². The van der Waals surface area contributed by atoms with Crippen LogP contribution in [0, 0.1) is 16.7 Å². The second kappa shape index (κ2) is 17.2. The number of unbranched alkanes of at least 4 members (excludes halogenated alkanes) is 9. The standard InChI is InChI=1S/C43H54O7/c1-5-6-7-8-9-10-11-12-13-14-29-47-35-21-15-31(16-22-35)39(44)48-36-23-17-32(18-24-36)40(45)49-37-25-19-33(20-26-37)41(46)50-38-30-34-27-28-43(38,4)42(34,2)3/h15-26,34,38H,5-14,27-30H2,1-4H3. The molecule has 3 aromatic carbocycles. The Morgan fingerprint density at radius 2 is 1.04 bits per heavy atom. The van der Waals surface area contributed by atoms with Crippen LogP contribution in [0.3, 0.4) is 0 Å². The van der Waals surface area contributed by atoms with Crippen molar-refractivity contribution < 1.29 is 33.3 Å². The van der Waals surface area contributed by atoms with Crippen LogP contribution in [0.1, 0.15) is 142 Å². The molecule has 268 valence electrons. The van der Waals surface area contributed by atoms with Gasteiger partial charge in [0.05, 0.1) is 23.3 Å². The van der Waals surface area contributed by atoms with Crippen molar-refractivity contribution >= 4 is 17.9 Å². The summed E-state index contributed by atoms with van der Waals surface area (Å²) in [6, 6.07) is 19.5. The fourth-order valence-corrected chi connectivity index (χ4v) is 7.62. The first-order chi connectivity index (χ1) is 24.1. The molecule has 0 amide bonds. The van der Waals surface area contributed by atoms with E-state index in [1.807, 2.05) is 0 Å². The van der Waals surface area contributed by atoms with Crippen LogP contribution >= 0.6 is 0 Å². The highest BCUT2D eigenvalue weighted by molar-refractivity contribution is 5.93. The summed E-state index contributed by atoms with van der Waals surface area (Å²) in [5.74, 6) is 0.502. The lowest BCUT2D eigenvalue weighted by Gasteiger charge is -2.38. The Morgan fingerprint density at radius 1 is 0.600 bits per heavy atom. The van der Waals surface area contributed by atoms with Gasteiger partial charge >= 0.3 is 17.9 Å². The number of ether oxygens (including phenoxy) is 4. The van der Waals surface area contributed by atoms with Crippen molar-refractivity contribution in [3.8, 4) is 17.2 Å². The first kappa shape index (κ1) is 37.1. The third kappa shape index (κ3) is 9.15. The van der Waals surface area contributed by atoms with E-state index in [2.05, 4.69) is 27.7 Å². The number of carbonyl (C=O) groups is 3. The normalized spacial score (nSPS) is 20.3. The Labute approximate surface area is 298 Å². The number of benzene rings is 3. The fraction of sp³-hybridized carbons (Fsp3) is 0.512. The third-order valence-electron chi connectivity index (χ3n) is 11.4. The van der Waals surface area contributed by atoms with E-state index < -0.39 is 11.9 Å². The second-order valence-electron chi connectivity index (χ2n) is 14.9. The summed E-state index contributed by atoms with van der Waals surface area (Å²) in [6.07, 6.45) is 15.9. The molecule has 0 saturated heterocycles. The molecule has 2 aliphatic rings. The predicted molar refractivity (Wildman–Crippen MR) is 195 cm³/mol. The van der Waals surface area contributed by atoms with Crippen LogP contribution in [-0.2, 0) is 4.74 Å². The van der Waals surface area contributed by atoms with Crippen molar-refractivity contribution in [2.75, 3.05) is 6.61 Å². The molecule has 0 radical (unpaired) electrons. The maximum absolute atomic E-state index is 12.9. The number of hydrogen-bond donors (Lipinski definition) is 0. The van der Waals surface area contributed by atoms with Crippen LogP contribution in [-0.4, -0.2) is 30.6 Å². The van der Waals surface area contributed by atoms with Gasteiger partial charge in [-0.15, -0.1) is 0 Å². The summed E-state index contributed by atoms with van der Waals surface area (Å²) >= 11 is 0. The van der Waals surface area contributed by atoms with Gasteiger partial charge in [0.25, 0.3) is 0 Å².